The van der Waals surface area contributed by atoms with Gasteiger partial charge in [-0.2, -0.15) is 4.31 Å². The number of hydrogen-bond donors (Lipinski definition) is 1. The fourth-order valence-electron chi connectivity index (χ4n) is 3.25. The molecule has 6 nitrogen and oxygen atoms in total. The van der Waals surface area contributed by atoms with E-state index in [0.29, 0.717) is 31.1 Å². The molecule has 1 heterocycles. The quantitative estimate of drug-likeness (QED) is 0.806. The van der Waals surface area contributed by atoms with Gasteiger partial charge in [0.25, 0.3) is 0 Å². The maximum atomic E-state index is 12.8. The second-order valence-electron chi connectivity index (χ2n) is 7.11. The third-order valence-corrected chi connectivity index (χ3v) is 7.02. The summed E-state index contributed by atoms with van der Waals surface area (Å²) < 4.78 is 27.0. The lowest BCUT2D eigenvalue weighted by Crippen LogP contribution is -2.52. The van der Waals surface area contributed by atoms with E-state index in [1.54, 1.807) is 29.2 Å². The predicted molar refractivity (Wildman–Crippen MR) is 109 cm³/mol. The number of nitrogens with one attached hydrogen (secondary N) is 1. The number of aryl methyl sites for hydroxylation is 1. The van der Waals surface area contributed by atoms with Crippen LogP contribution >= 0.6 is 0 Å². The predicted octanol–water partition coefficient (Wildman–Crippen LogP) is 2.18. The van der Waals surface area contributed by atoms with Crippen molar-refractivity contribution in [2.45, 2.75) is 24.8 Å². The van der Waals surface area contributed by atoms with E-state index in [1.807, 2.05) is 44.2 Å². The lowest BCUT2D eigenvalue weighted by Gasteiger charge is -2.34. The highest BCUT2D eigenvalue weighted by atomic mass is 32.2. The second-order valence-corrected chi connectivity index (χ2v) is 9.05. The van der Waals surface area contributed by atoms with Crippen LogP contribution in [0.25, 0.3) is 0 Å². The van der Waals surface area contributed by atoms with E-state index < -0.39 is 10.0 Å². The molecule has 7 heteroatoms. The molecule has 1 aliphatic rings. The monoisotopic (exact) mass is 401 g/mol. The molecule has 2 aromatic rings. The van der Waals surface area contributed by atoms with Crippen LogP contribution in [0.15, 0.2) is 59.5 Å². The molecule has 0 spiro atoms. The normalized spacial score (nSPS) is 16.7. The van der Waals surface area contributed by atoms with Crippen molar-refractivity contribution in [1.29, 1.82) is 0 Å². The number of benzene rings is 2. The first kappa shape index (κ1) is 20.5. The van der Waals surface area contributed by atoms with Crippen molar-refractivity contribution in [2.24, 2.45) is 0 Å². The first-order chi connectivity index (χ1) is 13.4. The van der Waals surface area contributed by atoms with Crippen LogP contribution in [0.4, 0.5) is 0 Å². The summed E-state index contributed by atoms with van der Waals surface area (Å²) in [4.78, 5) is 14.5. The van der Waals surface area contributed by atoms with E-state index in [-0.39, 0.29) is 18.5 Å². The van der Waals surface area contributed by atoms with Gasteiger partial charge in [-0.1, -0.05) is 48.0 Å². The van der Waals surface area contributed by atoms with Gasteiger partial charge in [-0.3, -0.25) is 4.79 Å². The highest BCUT2D eigenvalue weighted by molar-refractivity contribution is 7.89. The molecule has 0 aromatic heterocycles. The fraction of sp³-hybridized carbons (Fsp3) is 0.381. The first-order valence-electron chi connectivity index (χ1n) is 9.51. The zero-order chi connectivity index (χ0) is 20.1. The molecule has 0 aliphatic carbocycles. The summed E-state index contributed by atoms with van der Waals surface area (Å²) in [6.45, 7) is 5.63. The highest BCUT2D eigenvalue weighted by Crippen LogP contribution is 2.18. The Labute approximate surface area is 167 Å². The maximum Gasteiger partial charge on any atom is 0.243 e. The molecule has 1 saturated heterocycles. The number of carbonyl (C=O) groups is 1. The topological polar surface area (TPSA) is 69.7 Å². The van der Waals surface area contributed by atoms with E-state index in [9.17, 15) is 13.2 Å². The van der Waals surface area contributed by atoms with Crippen LogP contribution in [-0.4, -0.2) is 56.3 Å². The lowest BCUT2D eigenvalue weighted by molar-refractivity contribution is -0.131. The van der Waals surface area contributed by atoms with Gasteiger partial charge in [-0.05, 0) is 31.5 Å². The van der Waals surface area contributed by atoms with Crippen LogP contribution in [-0.2, 0) is 14.8 Å². The molecule has 1 aliphatic heterocycles. The molecule has 1 fully saturated rings. The van der Waals surface area contributed by atoms with Crippen molar-refractivity contribution in [1.82, 2.24) is 14.5 Å². The van der Waals surface area contributed by atoms with Gasteiger partial charge < -0.3 is 10.2 Å². The smallest absolute Gasteiger partial charge is 0.243 e. The molecular formula is C21H27N3O3S. The Morgan fingerprint density at radius 1 is 1.00 bits per heavy atom. The summed E-state index contributed by atoms with van der Waals surface area (Å²) in [5, 5.41) is 3.25. The third kappa shape index (κ3) is 4.79. The van der Waals surface area contributed by atoms with E-state index in [2.05, 4.69) is 5.32 Å². The molecule has 2 aromatic carbocycles. The summed E-state index contributed by atoms with van der Waals surface area (Å²) in [7, 11) is -3.51. The summed E-state index contributed by atoms with van der Waals surface area (Å²) >= 11 is 0. The molecule has 0 saturated carbocycles. The van der Waals surface area contributed by atoms with Gasteiger partial charge in [0.1, 0.15) is 0 Å². The molecule has 1 N–H and O–H groups in total. The molecule has 1 atom stereocenters. The number of hydrogen-bond acceptors (Lipinski definition) is 4. The largest absolute Gasteiger partial charge is 0.339 e. The Kier molecular flexibility index (Phi) is 6.49. The summed E-state index contributed by atoms with van der Waals surface area (Å²) in [5.74, 6) is -0.00448. The van der Waals surface area contributed by atoms with E-state index in [4.69, 9.17) is 0 Å². The van der Waals surface area contributed by atoms with Crippen molar-refractivity contribution in [3.63, 3.8) is 0 Å². The fourth-order valence-corrected chi connectivity index (χ4v) is 4.67. The minimum Gasteiger partial charge on any atom is -0.339 e. The van der Waals surface area contributed by atoms with Crippen LogP contribution in [0.3, 0.4) is 0 Å². The van der Waals surface area contributed by atoms with Gasteiger partial charge in [-0.15, -0.1) is 0 Å². The van der Waals surface area contributed by atoms with Gasteiger partial charge in [0, 0.05) is 32.2 Å². The summed E-state index contributed by atoms with van der Waals surface area (Å²) in [6, 6.07) is 16.9. The van der Waals surface area contributed by atoms with Crippen molar-refractivity contribution in [3.05, 3.63) is 65.7 Å². The van der Waals surface area contributed by atoms with Crippen molar-refractivity contribution >= 4 is 15.9 Å². The highest BCUT2D eigenvalue weighted by Gasteiger charge is 2.30. The van der Waals surface area contributed by atoms with Gasteiger partial charge in [-0.25, -0.2) is 8.42 Å². The van der Waals surface area contributed by atoms with Gasteiger partial charge in [0.15, 0.2) is 0 Å². The lowest BCUT2D eigenvalue weighted by atomic mass is 10.1. The van der Waals surface area contributed by atoms with Crippen LogP contribution < -0.4 is 5.32 Å². The van der Waals surface area contributed by atoms with Crippen LogP contribution in [0.2, 0.25) is 0 Å². The number of carbonyl (C=O) groups excluding carboxylic acids is 1. The number of piperazine rings is 1. The average molecular weight is 402 g/mol. The van der Waals surface area contributed by atoms with Crippen LogP contribution in [0.1, 0.15) is 24.1 Å². The Morgan fingerprint density at radius 2 is 1.61 bits per heavy atom. The van der Waals surface area contributed by atoms with E-state index >= 15 is 0 Å². The Morgan fingerprint density at radius 3 is 2.21 bits per heavy atom. The summed E-state index contributed by atoms with van der Waals surface area (Å²) in [5.41, 5.74) is 2.15. The SMILES string of the molecule is Cc1ccc(S(=O)(=O)N2CCN(C(=O)CN[C@H](C)c3ccccc3)CC2)cc1. The summed E-state index contributed by atoms with van der Waals surface area (Å²) in [6.07, 6.45) is 0. The van der Waals surface area contributed by atoms with E-state index in [0.717, 1.165) is 11.1 Å². The zero-order valence-corrected chi connectivity index (χ0v) is 17.2. The second kappa shape index (κ2) is 8.86. The first-order valence-corrected chi connectivity index (χ1v) is 10.9. The molecule has 0 bridgehead atoms. The molecule has 0 unspecified atom stereocenters. The van der Waals surface area contributed by atoms with Crippen LogP contribution in [0.5, 0.6) is 0 Å². The number of rotatable bonds is 6. The van der Waals surface area contributed by atoms with Gasteiger partial charge in [0.2, 0.25) is 15.9 Å². The molecule has 0 radical (unpaired) electrons. The Balaban J connectivity index is 1.52. The molecule has 150 valence electrons. The molecular weight excluding hydrogens is 374 g/mol. The van der Waals surface area contributed by atoms with E-state index in [1.165, 1.54) is 4.31 Å². The van der Waals surface area contributed by atoms with Gasteiger partial charge >= 0.3 is 0 Å². The average Bonchev–Trinajstić information content (AvgIpc) is 2.73. The Bertz CT molecular complexity index is 890. The third-order valence-electron chi connectivity index (χ3n) is 5.11. The number of nitrogens with zero attached hydrogens (tertiary/aromatic N) is 2. The molecule has 28 heavy (non-hydrogen) atoms. The molecule has 1 amide bonds. The Hall–Kier alpha value is -2.22. The minimum atomic E-state index is -3.51. The van der Waals surface area contributed by atoms with Gasteiger partial charge in [0.05, 0.1) is 11.4 Å². The van der Waals surface area contributed by atoms with Crippen molar-refractivity contribution in [2.75, 3.05) is 32.7 Å². The molecule has 3 rings (SSSR count). The van der Waals surface area contributed by atoms with Crippen molar-refractivity contribution < 1.29 is 13.2 Å². The standard InChI is InChI=1S/C21H27N3O3S/c1-17-8-10-20(11-9-17)28(26,27)24-14-12-23(13-15-24)21(25)16-22-18(2)19-6-4-3-5-7-19/h3-11,18,22H,12-16H2,1-2H3/t18-/m1/s1. The number of sulfonamides is 1. The minimum absolute atomic E-state index is 0.00448. The number of amides is 1. The van der Waals surface area contributed by atoms with Crippen LogP contribution in [0, 0.1) is 6.92 Å². The maximum absolute atomic E-state index is 12.8. The van der Waals surface area contributed by atoms with Crippen molar-refractivity contribution in [3.8, 4) is 0 Å². The zero-order valence-electron chi connectivity index (χ0n) is 16.3.